The van der Waals surface area contributed by atoms with Crippen molar-refractivity contribution in [2.75, 3.05) is 34.4 Å². The van der Waals surface area contributed by atoms with E-state index < -0.39 is 24.9 Å². The minimum absolute atomic E-state index is 0.0706. The first-order valence-electron chi connectivity index (χ1n) is 17.8. The molecule has 50 heavy (non-hydrogen) atoms. The Morgan fingerprint density at radius 1 is 1.00 bits per heavy atom. The first kappa shape index (κ1) is 48.0. The fourth-order valence-electron chi connectivity index (χ4n) is 4.25. The second-order valence-corrected chi connectivity index (χ2v) is 10.8. The number of allylic oxidation sites excluding steroid dienone is 2. The zero-order valence-corrected chi connectivity index (χ0v) is 32.8. The van der Waals surface area contributed by atoms with E-state index in [0.29, 0.717) is 28.9 Å². The number of nitrogens with one attached hydrogen (secondary N) is 1. The fourth-order valence-corrected chi connectivity index (χ4v) is 4.25. The number of halogens is 3. The molecule has 11 heteroatoms. The predicted octanol–water partition coefficient (Wildman–Crippen LogP) is 9.58. The van der Waals surface area contributed by atoms with Crippen molar-refractivity contribution >= 4 is 23.0 Å². The number of alkyl halides is 3. The van der Waals surface area contributed by atoms with Crippen LogP contribution in [0, 0.1) is 0 Å². The molecule has 8 nitrogen and oxygen atoms in total. The van der Waals surface area contributed by atoms with Crippen molar-refractivity contribution in [1.29, 1.82) is 0 Å². The highest BCUT2D eigenvalue weighted by Crippen LogP contribution is 2.31. The van der Waals surface area contributed by atoms with Gasteiger partial charge in [-0.2, -0.15) is 5.10 Å². The van der Waals surface area contributed by atoms with Crippen molar-refractivity contribution in [3.8, 4) is 0 Å². The standard InChI is InChI=1S/C30H38F2N6O2.C3H7F.3C2H6/c1-6-8-11-21-12-13-22(26(32)17-31)16-24(21)23(10-7-2)27(19-37(5)20-28(39)36(3)4)35-30(40)25-18-34-38-15-9-14-33-29(25)38;1-3(2)4;3*1-2/h9-10,12-16,18-19,26H,6-8,11,17,20H2,1-5H3,(H,35,40);3H,1-2H3;3*1-2H3/b23-10-,27-19+;;;;. The lowest BCUT2D eigenvalue weighted by molar-refractivity contribution is -0.129. The average Bonchev–Trinajstić information content (AvgIpc) is 3.56. The number of amides is 2. The number of rotatable bonds is 13. The summed E-state index contributed by atoms with van der Waals surface area (Å²) in [5.41, 5.74) is 3.64. The number of nitrogens with zero attached hydrogens (tertiary/aromatic N) is 5. The van der Waals surface area contributed by atoms with Crippen LogP contribution < -0.4 is 5.32 Å². The number of aryl methyl sites for hydroxylation is 1. The van der Waals surface area contributed by atoms with Crippen molar-refractivity contribution in [2.24, 2.45) is 0 Å². The molecule has 1 unspecified atom stereocenters. The van der Waals surface area contributed by atoms with Crippen LogP contribution in [0.4, 0.5) is 13.2 Å². The van der Waals surface area contributed by atoms with Gasteiger partial charge in [0, 0.05) is 45.3 Å². The molecule has 2 aromatic heterocycles. The predicted molar refractivity (Wildman–Crippen MR) is 203 cm³/mol. The Morgan fingerprint density at radius 3 is 2.16 bits per heavy atom. The van der Waals surface area contributed by atoms with Crippen LogP contribution in [-0.2, 0) is 11.2 Å². The Kier molecular flexibility index (Phi) is 26.5. The first-order chi connectivity index (χ1) is 23.9. The molecule has 0 spiro atoms. The second kappa shape index (κ2) is 27.6. The van der Waals surface area contributed by atoms with Gasteiger partial charge >= 0.3 is 0 Å². The summed E-state index contributed by atoms with van der Waals surface area (Å²) >= 11 is 0. The van der Waals surface area contributed by atoms with Gasteiger partial charge in [-0.05, 0) is 61.9 Å². The summed E-state index contributed by atoms with van der Waals surface area (Å²) in [6.45, 7) is 18.0. The number of carbonyl (C=O) groups excluding carboxylic acids is 2. The van der Waals surface area contributed by atoms with Gasteiger partial charge in [-0.1, -0.05) is 80.0 Å². The van der Waals surface area contributed by atoms with Crippen molar-refractivity contribution in [2.45, 2.75) is 107 Å². The van der Waals surface area contributed by atoms with E-state index in [4.69, 9.17) is 0 Å². The molecule has 1 N–H and O–H groups in total. The van der Waals surface area contributed by atoms with E-state index in [0.717, 1.165) is 24.8 Å². The largest absolute Gasteiger partial charge is 0.369 e. The van der Waals surface area contributed by atoms with Gasteiger partial charge < -0.3 is 15.1 Å². The lowest BCUT2D eigenvalue weighted by Crippen LogP contribution is -2.33. The molecule has 0 aliphatic heterocycles. The Bertz CT molecular complexity index is 1430. The molecule has 0 saturated heterocycles. The molecule has 0 bridgehead atoms. The highest BCUT2D eigenvalue weighted by Gasteiger charge is 2.21. The minimum atomic E-state index is -1.76. The van der Waals surface area contributed by atoms with Crippen LogP contribution in [0.15, 0.2) is 60.8 Å². The molecule has 0 fully saturated rings. The van der Waals surface area contributed by atoms with Gasteiger partial charge in [0.05, 0.1) is 24.6 Å². The van der Waals surface area contributed by atoms with E-state index in [9.17, 15) is 22.8 Å². The van der Waals surface area contributed by atoms with E-state index in [1.165, 1.54) is 29.5 Å². The molecule has 0 aliphatic carbocycles. The van der Waals surface area contributed by atoms with E-state index in [1.807, 2.05) is 60.6 Å². The lowest BCUT2D eigenvalue weighted by atomic mass is 9.91. The first-order valence-corrected chi connectivity index (χ1v) is 17.8. The van der Waals surface area contributed by atoms with Crippen LogP contribution in [0.1, 0.15) is 122 Å². The summed E-state index contributed by atoms with van der Waals surface area (Å²) < 4.78 is 40.3. The molecule has 1 aromatic carbocycles. The molecule has 2 amide bonds. The van der Waals surface area contributed by atoms with Crippen molar-refractivity contribution in [3.05, 3.63) is 83.1 Å². The number of carbonyl (C=O) groups is 2. The summed E-state index contributed by atoms with van der Waals surface area (Å²) in [7, 11) is 5.09. The van der Waals surface area contributed by atoms with Crippen LogP contribution in [0.3, 0.4) is 0 Å². The second-order valence-electron chi connectivity index (χ2n) is 10.8. The number of hydrogen-bond acceptors (Lipinski definition) is 5. The van der Waals surface area contributed by atoms with Gasteiger partial charge in [0.15, 0.2) is 11.8 Å². The van der Waals surface area contributed by atoms with E-state index in [2.05, 4.69) is 22.3 Å². The van der Waals surface area contributed by atoms with Gasteiger partial charge in [0.25, 0.3) is 5.91 Å². The van der Waals surface area contributed by atoms with Gasteiger partial charge in [0.1, 0.15) is 12.2 Å². The lowest BCUT2D eigenvalue weighted by Gasteiger charge is -2.23. The maximum atomic E-state index is 14.5. The van der Waals surface area contributed by atoms with Gasteiger partial charge in [-0.3, -0.25) is 9.59 Å². The molecule has 0 aliphatic rings. The number of aromatic nitrogens is 3. The molecule has 0 radical (unpaired) electrons. The van der Waals surface area contributed by atoms with Crippen LogP contribution in [0.2, 0.25) is 0 Å². The Balaban J connectivity index is 0. The maximum Gasteiger partial charge on any atom is 0.261 e. The SMILES string of the molecule is CC.CC.CC.CC(C)F.CC/C=C(\C(=C/N(C)CC(=O)N(C)C)NC(=O)c1cnn2cccnc12)c1cc(C(F)CF)ccc1CCCC. The number of unbranched alkanes of at least 4 members (excludes halogenated alkanes) is 1. The Labute approximate surface area is 299 Å². The number of hydrogen-bond donors (Lipinski definition) is 1. The van der Waals surface area contributed by atoms with Crippen molar-refractivity contribution in [1.82, 2.24) is 29.7 Å². The summed E-state index contributed by atoms with van der Waals surface area (Å²) in [5, 5.41) is 7.22. The van der Waals surface area contributed by atoms with E-state index >= 15 is 0 Å². The Morgan fingerprint density at radius 2 is 1.62 bits per heavy atom. The number of benzene rings is 1. The molecule has 0 saturated carbocycles. The van der Waals surface area contributed by atoms with Gasteiger partial charge in [-0.15, -0.1) is 0 Å². The van der Waals surface area contributed by atoms with Crippen molar-refractivity contribution < 1.29 is 22.8 Å². The molecule has 3 aromatic rings. The third-order valence-electron chi connectivity index (χ3n) is 6.42. The third-order valence-corrected chi connectivity index (χ3v) is 6.42. The summed E-state index contributed by atoms with van der Waals surface area (Å²) in [5.74, 6) is -0.557. The van der Waals surface area contributed by atoms with Crippen LogP contribution >= 0.6 is 0 Å². The molecule has 1 atom stereocenters. The van der Waals surface area contributed by atoms with E-state index in [1.54, 1.807) is 62.8 Å². The number of likely N-dealkylation sites (N-methyl/N-ethyl adjacent to an activating group) is 2. The zero-order valence-electron chi connectivity index (χ0n) is 32.8. The summed E-state index contributed by atoms with van der Waals surface area (Å²) in [6, 6.07) is 6.83. The highest BCUT2D eigenvalue weighted by atomic mass is 19.2. The molecular formula is C39H63F3N6O2. The average molecular weight is 705 g/mol. The van der Waals surface area contributed by atoms with Crippen LogP contribution in [0.5, 0.6) is 0 Å². The molecule has 2 heterocycles. The van der Waals surface area contributed by atoms with Gasteiger partial charge in [0.2, 0.25) is 5.91 Å². The summed E-state index contributed by atoms with van der Waals surface area (Å²) in [4.78, 5) is 33.5. The fraction of sp³-hybridized carbons (Fsp3) is 0.538. The topological polar surface area (TPSA) is 82.8 Å². The zero-order chi connectivity index (χ0) is 38.8. The van der Waals surface area contributed by atoms with Crippen molar-refractivity contribution in [3.63, 3.8) is 0 Å². The molecule has 3 rings (SSSR count). The highest BCUT2D eigenvalue weighted by molar-refractivity contribution is 6.02. The minimum Gasteiger partial charge on any atom is -0.369 e. The maximum absolute atomic E-state index is 14.5. The quantitative estimate of drug-likeness (QED) is 0.179. The molecular weight excluding hydrogens is 641 g/mol. The van der Waals surface area contributed by atoms with Crippen LogP contribution in [-0.4, -0.2) is 76.7 Å². The monoisotopic (exact) mass is 704 g/mol. The third kappa shape index (κ3) is 16.5. The number of fused-ring (bicyclic) bond motifs is 1. The van der Waals surface area contributed by atoms with E-state index in [-0.39, 0.29) is 23.6 Å². The Hall–Kier alpha value is -4.15. The summed E-state index contributed by atoms with van der Waals surface area (Å²) in [6.07, 6.45) is 9.15. The normalized spacial score (nSPS) is 11.4. The molecule has 282 valence electrons. The smallest absolute Gasteiger partial charge is 0.261 e. The van der Waals surface area contributed by atoms with Gasteiger partial charge in [-0.25, -0.2) is 22.7 Å². The van der Waals surface area contributed by atoms with Crippen LogP contribution in [0.25, 0.3) is 11.2 Å².